The lowest BCUT2D eigenvalue weighted by Gasteiger charge is -2.06. The molecule has 0 saturated carbocycles. The predicted octanol–water partition coefficient (Wildman–Crippen LogP) is 2.58. The van der Waals surface area contributed by atoms with Gasteiger partial charge in [0.25, 0.3) is 0 Å². The highest BCUT2D eigenvalue weighted by atomic mass is 16.1. The van der Waals surface area contributed by atoms with E-state index in [0.29, 0.717) is 6.42 Å². The number of aryl methyl sites for hydroxylation is 1. The summed E-state index contributed by atoms with van der Waals surface area (Å²) in [5.41, 5.74) is 2.20. The first-order valence-electron chi connectivity index (χ1n) is 6.35. The van der Waals surface area contributed by atoms with Crippen LogP contribution >= 0.6 is 0 Å². The Labute approximate surface area is 104 Å². The van der Waals surface area contributed by atoms with Gasteiger partial charge in [-0.25, -0.2) is 0 Å². The van der Waals surface area contributed by atoms with Crippen molar-refractivity contribution in [2.75, 3.05) is 18.4 Å². The van der Waals surface area contributed by atoms with Crippen molar-refractivity contribution < 1.29 is 4.79 Å². The molecule has 1 aromatic carbocycles. The summed E-state index contributed by atoms with van der Waals surface area (Å²) < 4.78 is 0. The van der Waals surface area contributed by atoms with E-state index >= 15 is 0 Å². The van der Waals surface area contributed by atoms with E-state index in [2.05, 4.69) is 29.7 Å². The molecule has 1 rings (SSSR count). The van der Waals surface area contributed by atoms with Crippen LogP contribution in [0.4, 0.5) is 5.69 Å². The van der Waals surface area contributed by atoms with Crippen LogP contribution in [0.2, 0.25) is 0 Å². The maximum atomic E-state index is 11.5. The summed E-state index contributed by atoms with van der Waals surface area (Å²) in [5.74, 6) is 0.0641. The molecule has 1 amide bonds. The Balaban J connectivity index is 2.37. The Hall–Kier alpha value is -1.35. The topological polar surface area (TPSA) is 41.1 Å². The van der Waals surface area contributed by atoms with Gasteiger partial charge < -0.3 is 10.6 Å². The van der Waals surface area contributed by atoms with Crippen molar-refractivity contribution in [2.24, 2.45) is 0 Å². The molecule has 0 heterocycles. The molecule has 0 unspecified atom stereocenters. The van der Waals surface area contributed by atoms with Gasteiger partial charge in [-0.05, 0) is 30.7 Å². The van der Waals surface area contributed by atoms with E-state index in [1.807, 2.05) is 19.1 Å². The van der Waals surface area contributed by atoms with E-state index in [1.165, 1.54) is 5.56 Å². The van der Waals surface area contributed by atoms with Gasteiger partial charge in [-0.1, -0.05) is 32.4 Å². The molecule has 3 nitrogen and oxygen atoms in total. The van der Waals surface area contributed by atoms with Gasteiger partial charge in [-0.2, -0.15) is 0 Å². The lowest BCUT2D eigenvalue weighted by Crippen LogP contribution is -2.21. The lowest BCUT2D eigenvalue weighted by atomic mass is 10.1. The van der Waals surface area contributed by atoms with Gasteiger partial charge in [-0.15, -0.1) is 0 Å². The summed E-state index contributed by atoms with van der Waals surface area (Å²) in [4.78, 5) is 11.5. The molecule has 0 aliphatic heterocycles. The number of nitrogens with one attached hydrogen (secondary N) is 2. The highest BCUT2D eigenvalue weighted by molar-refractivity contribution is 5.90. The van der Waals surface area contributed by atoms with Gasteiger partial charge in [0.15, 0.2) is 0 Å². The average molecular weight is 234 g/mol. The summed E-state index contributed by atoms with van der Waals surface area (Å²) in [6, 6.07) is 8.08. The Morgan fingerprint density at radius 3 is 2.47 bits per heavy atom. The third kappa shape index (κ3) is 5.50. The van der Waals surface area contributed by atoms with E-state index in [4.69, 9.17) is 0 Å². The maximum Gasteiger partial charge on any atom is 0.225 e. The molecule has 0 aromatic heterocycles. The van der Waals surface area contributed by atoms with E-state index in [-0.39, 0.29) is 5.91 Å². The van der Waals surface area contributed by atoms with E-state index in [0.717, 1.165) is 31.6 Å². The molecular weight excluding hydrogens is 212 g/mol. The third-order valence-corrected chi connectivity index (χ3v) is 2.56. The number of rotatable bonds is 7. The second-order valence-electron chi connectivity index (χ2n) is 4.10. The van der Waals surface area contributed by atoms with Crippen molar-refractivity contribution in [3.05, 3.63) is 29.8 Å². The van der Waals surface area contributed by atoms with Crippen LogP contribution in [0.15, 0.2) is 24.3 Å². The second-order valence-corrected chi connectivity index (χ2v) is 4.10. The molecular formula is C14H22N2O. The number of carbonyl (C=O) groups is 1. The molecule has 0 bridgehead atoms. The Morgan fingerprint density at radius 1 is 1.18 bits per heavy atom. The summed E-state index contributed by atoms with van der Waals surface area (Å²) in [6.45, 7) is 5.83. The fourth-order valence-electron chi connectivity index (χ4n) is 1.65. The van der Waals surface area contributed by atoms with Crippen LogP contribution in [0, 0.1) is 0 Å². The SMILES string of the molecule is CCCc1ccc(NC(=O)CCNCC)cc1. The maximum absolute atomic E-state index is 11.5. The highest BCUT2D eigenvalue weighted by Gasteiger charge is 2.01. The van der Waals surface area contributed by atoms with Gasteiger partial charge >= 0.3 is 0 Å². The number of anilines is 1. The molecule has 0 spiro atoms. The molecule has 0 fully saturated rings. The van der Waals surface area contributed by atoms with Gasteiger partial charge in [0.1, 0.15) is 0 Å². The van der Waals surface area contributed by atoms with Crippen molar-refractivity contribution in [2.45, 2.75) is 33.1 Å². The van der Waals surface area contributed by atoms with Crippen LogP contribution in [0.3, 0.4) is 0 Å². The minimum absolute atomic E-state index is 0.0641. The van der Waals surface area contributed by atoms with Crippen LogP contribution < -0.4 is 10.6 Å². The Kier molecular flexibility index (Phi) is 6.33. The van der Waals surface area contributed by atoms with Crippen LogP contribution in [-0.4, -0.2) is 19.0 Å². The molecule has 1 aromatic rings. The van der Waals surface area contributed by atoms with E-state index < -0.39 is 0 Å². The van der Waals surface area contributed by atoms with Gasteiger partial charge in [0.05, 0.1) is 0 Å². The largest absolute Gasteiger partial charge is 0.326 e. The number of hydrogen-bond acceptors (Lipinski definition) is 2. The van der Waals surface area contributed by atoms with Crippen LogP contribution in [0.1, 0.15) is 32.3 Å². The number of carbonyl (C=O) groups excluding carboxylic acids is 1. The average Bonchev–Trinajstić information content (AvgIpc) is 2.32. The first kappa shape index (κ1) is 13.7. The molecule has 0 aliphatic carbocycles. The molecule has 2 N–H and O–H groups in total. The molecule has 94 valence electrons. The van der Waals surface area contributed by atoms with Crippen LogP contribution in [-0.2, 0) is 11.2 Å². The summed E-state index contributed by atoms with van der Waals surface area (Å²) >= 11 is 0. The van der Waals surface area contributed by atoms with Gasteiger partial charge in [-0.3, -0.25) is 4.79 Å². The summed E-state index contributed by atoms with van der Waals surface area (Å²) in [5, 5.41) is 6.02. The normalized spacial score (nSPS) is 10.2. The van der Waals surface area contributed by atoms with Gasteiger partial charge in [0.2, 0.25) is 5.91 Å². The quantitative estimate of drug-likeness (QED) is 0.712. The fourth-order valence-corrected chi connectivity index (χ4v) is 1.65. The molecule has 0 aliphatic rings. The Morgan fingerprint density at radius 2 is 1.88 bits per heavy atom. The standard InChI is InChI=1S/C14H22N2O/c1-3-5-12-6-8-13(9-7-12)16-14(17)10-11-15-4-2/h6-9,15H,3-5,10-11H2,1-2H3,(H,16,17). The zero-order valence-electron chi connectivity index (χ0n) is 10.8. The second kappa shape index (κ2) is 7.85. The number of hydrogen-bond donors (Lipinski definition) is 2. The van der Waals surface area contributed by atoms with Crippen molar-refractivity contribution in [1.29, 1.82) is 0 Å². The monoisotopic (exact) mass is 234 g/mol. The van der Waals surface area contributed by atoms with Crippen molar-refractivity contribution >= 4 is 11.6 Å². The minimum Gasteiger partial charge on any atom is -0.326 e. The third-order valence-electron chi connectivity index (χ3n) is 2.56. The zero-order valence-corrected chi connectivity index (χ0v) is 10.8. The van der Waals surface area contributed by atoms with E-state index in [9.17, 15) is 4.79 Å². The van der Waals surface area contributed by atoms with Gasteiger partial charge in [0, 0.05) is 18.7 Å². The van der Waals surface area contributed by atoms with Crippen LogP contribution in [0.5, 0.6) is 0 Å². The van der Waals surface area contributed by atoms with Crippen molar-refractivity contribution in [3.8, 4) is 0 Å². The van der Waals surface area contributed by atoms with Crippen molar-refractivity contribution in [1.82, 2.24) is 5.32 Å². The predicted molar refractivity (Wildman–Crippen MR) is 72.2 cm³/mol. The Bertz CT molecular complexity index is 333. The van der Waals surface area contributed by atoms with E-state index in [1.54, 1.807) is 0 Å². The molecule has 17 heavy (non-hydrogen) atoms. The summed E-state index contributed by atoms with van der Waals surface area (Å²) in [6.07, 6.45) is 2.76. The van der Waals surface area contributed by atoms with Crippen molar-refractivity contribution in [3.63, 3.8) is 0 Å². The zero-order chi connectivity index (χ0) is 12.5. The smallest absolute Gasteiger partial charge is 0.225 e. The minimum atomic E-state index is 0.0641. The summed E-state index contributed by atoms with van der Waals surface area (Å²) in [7, 11) is 0. The molecule has 0 radical (unpaired) electrons. The lowest BCUT2D eigenvalue weighted by molar-refractivity contribution is -0.116. The number of amides is 1. The fraction of sp³-hybridized carbons (Fsp3) is 0.500. The highest BCUT2D eigenvalue weighted by Crippen LogP contribution is 2.11. The molecule has 3 heteroatoms. The first-order valence-corrected chi connectivity index (χ1v) is 6.35. The number of benzene rings is 1. The molecule has 0 atom stereocenters. The first-order chi connectivity index (χ1) is 8.26. The molecule has 0 saturated heterocycles. The van der Waals surface area contributed by atoms with Crippen LogP contribution in [0.25, 0.3) is 0 Å².